The minimum Gasteiger partial charge on any atom is -0.193 e. The van der Waals surface area contributed by atoms with Crippen molar-refractivity contribution < 1.29 is 13.9 Å². The third-order valence-corrected chi connectivity index (χ3v) is 8.21. The zero-order chi connectivity index (χ0) is 22.9. The highest BCUT2D eigenvalue weighted by Gasteiger charge is 2.39. The second-order valence-corrected chi connectivity index (χ2v) is 11.8. The molecule has 0 radical (unpaired) electrons. The van der Waals surface area contributed by atoms with E-state index in [2.05, 4.69) is 26.5 Å². The van der Waals surface area contributed by atoms with E-state index in [1.807, 2.05) is 0 Å². The van der Waals surface area contributed by atoms with Crippen molar-refractivity contribution >= 4 is 20.6 Å². The molecule has 0 aromatic carbocycles. The van der Waals surface area contributed by atoms with Crippen LogP contribution in [0.1, 0.15) is 142 Å². The molecule has 0 amide bonds. The molecule has 1 atom stereocenters. The van der Waals surface area contributed by atoms with Gasteiger partial charge in [0.15, 0.2) is 0 Å². The van der Waals surface area contributed by atoms with Crippen molar-refractivity contribution in [1.29, 1.82) is 0 Å². The number of hydrogen-bond donors (Lipinski definition) is 2. The minimum absolute atomic E-state index is 0.475. The van der Waals surface area contributed by atoms with Gasteiger partial charge in [-0.05, 0) is 19.3 Å². The monoisotopic (exact) mass is 479 g/mol. The smallest absolute Gasteiger partial charge is 0.193 e. The van der Waals surface area contributed by atoms with Crippen molar-refractivity contribution in [2.75, 3.05) is 25.1 Å². The summed E-state index contributed by atoms with van der Waals surface area (Å²) in [5, 5.41) is 0. The normalized spacial score (nSPS) is 13.5. The van der Waals surface area contributed by atoms with Crippen LogP contribution in [0.15, 0.2) is 0 Å². The maximum absolute atomic E-state index is 10.8. The molecule has 0 heterocycles. The van der Waals surface area contributed by atoms with Crippen molar-refractivity contribution in [2.45, 2.75) is 142 Å². The van der Waals surface area contributed by atoms with E-state index in [4.69, 9.17) is 9.05 Å². The molecule has 0 fully saturated rings. The van der Waals surface area contributed by atoms with E-state index in [1.54, 1.807) is 0 Å². The predicted octanol–water partition coefficient (Wildman–Crippen LogP) is 9.55. The van der Waals surface area contributed by atoms with E-state index in [0.717, 1.165) is 12.8 Å². The topological polar surface area (TPSA) is 38.7 Å². The van der Waals surface area contributed by atoms with Crippen LogP contribution in [0.25, 0.3) is 0 Å². The summed E-state index contributed by atoms with van der Waals surface area (Å²) in [4.78, 5) is 10.8. The van der Waals surface area contributed by atoms with Crippen molar-refractivity contribution in [2.24, 2.45) is 0 Å². The van der Waals surface area contributed by atoms with Gasteiger partial charge in [0.2, 0.25) is 0 Å². The molecule has 0 aromatic rings. The number of unbranched alkanes of at least 4 members (excludes halogenated alkanes) is 18. The second-order valence-electron chi connectivity index (χ2n) is 9.12. The first-order valence-corrected chi connectivity index (χ1v) is 16.1. The van der Waals surface area contributed by atoms with Gasteiger partial charge in [-0.3, -0.25) is 0 Å². The van der Waals surface area contributed by atoms with Crippen LogP contribution in [-0.4, -0.2) is 30.0 Å². The summed E-state index contributed by atoms with van der Waals surface area (Å²) < 4.78 is 11.6. The zero-order valence-electron chi connectivity index (χ0n) is 21.1. The zero-order valence-corrected chi connectivity index (χ0v) is 22.9. The van der Waals surface area contributed by atoms with Gasteiger partial charge in [0, 0.05) is 5.75 Å². The van der Waals surface area contributed by atoms with Crippen molar-refractivity contribution in [3.8, 4) is 0 Å². The molecular weight excluding hydrogens is 423 g/mol. The summed E-state index contributed by atoms with van der Waals surface area (Å²) in [6.45, 7) is 5.64. The lowest BCUT2D eigenvalue weighted by molar-refractivity contribution is 0.179. The SMILES string of the molecule is CCCCCCCCCCCCO[P+](O)(CCCCCCCCCCCC)OCCS. The molecule has 188 valence electrons. The van der Waals surface area contributed by atoms with E-state index >= 15 is 0 Å². The molecule has 0 saturated heterocycles. The van der Waals surface area contributed by atoms with Crippen LogP contribution in [-0.2, 0) is 9.05 Å². The molecule has 1 unspecified atom stereocenters. The molecule has 0 saturated carbocycles. The molecule has 3 nitrogen and oxygen atoms in total. The Morgan fingerprint density at radius 3 is 1.29 bits per heavy atom. The van der Waals surface area contributed by atoms with Crippen LogP contribution in [0, 0.1) is 0 Å². The van der Waals surface area contributed by atoms with E-state index in [9.17, 15) is 4.89 Å². The number of thiol groups is 1. The van der Waals surface area contributed by atoms with Gasteiger partial charge in [-0.25, -0.2) is 0 Å². The summed E-state index contributed by atoms with van der Waals surface area (Å²) in [5.74, 6) is 0.627. The molecular formula is C26H56O3PS+. The Morgan fingerprint density at radius 2 is 0.871 bits per heavy atom. The fraction of sp³-hybridized carbons (Fsp3) is 1.00. The molecule has 0 rings (SSSR count). The lowest BCUT2D eigenvalue weighted by Crippen LogP contribution is -2.10. The lowest BCUT2D eigenvalue weighted by atomic mass is 10.1. The standard InChI is InChI=1S/C26H55O3PS/c1-3-5-7-9-11-13-15-17-19-21-23-28-30(27,29-24-26-31)25-22-20-18-16-14-12-10-8-6-4-2/h27H,3-26H2,1-2H3/p+1. The minimum atomic E-state index is -2.69. The van der Waals surface area contributed by atoms with Crippen molar-refractivity contribution in [3.63, 3.8) is 0 Å². The molecule has 0 aromatic heterocycles. The fourth-order valence-corrected chi connectivity index (χ4v) is 5.93. The Hall–Kier alpha value is 0.660. The Kier molecular flexibility index (Phi) is 25.8. The first-order valence-electron chi connectivity index (χ1n) is 13.7. The predicted molar refractivity (Wildman–Crippen MR) is 143 cm³/mol. The molecule has 31 heavy (non-hydrogen) atoms. The van der Waals surface area contributed by atoms with Crippen molar-refractivity contribution in [3.05, 3.63) is 0 Å². The maximum Gasteiger partial charge on any atom is 0.408 e. The molecule has 0 aliphatic heterocycles. The molecule has 0 aliphatic carbocycles. The van der Waals surface area contributed by atoms with Gasteiger partial charge >= 0.3 is 7.94 Å². The fourth-order valence-electron chi connectivity index (χ4n) is 3.95. The second kappa shape index (κ2) is 25.3. The largest absolute Gasteiger partial charge is 0.408 e. The Balaban J connectivity index is 3.70. The highest BCUT2D eigenvalue weighted by molar-refractivity contribution is 7.80. The van der Waals surface area contributed by atoms with Gasteiger partial charge < -0.3 is 0 Å². The molecule has 0 aliphatic rings. The molecule has 0 bridgehead atoms. The maximum atomic E-state index is 10.8. The van der Waals surface area contributed by atoms with Crippen LogP contribution in [0.5, 0.6) is 0 Å². The quantitative estimate of drug-likeness (QED) is 0.0737. The molecule has 1 N–H and O–H groups in total. The van der Waals surface area contributed by atoms with E-state index in [0.29, 0.717) is 25.1 Å². The van der Waals surface area contributed by atoms with Gasteiger partial charge in [0.05, 0.1) is 6.61 Å². The molecule has 5 heteroatoms. The first-order chi connectivity index (χ1) is 15.2. The highest BCUT2D eigenvalue weighted by Crippen LogP contribution is 2.57. The van der Waals surface area contributed by atoms with E-state index in [1.165, 1.54) is 116 Å². The van der Waals surface area contributed by atoms with Gasteiger partial charge in [-0.15, -0.1) is 0 Å². The average Bonchev–Trinajstić information content (AvgIpc) is 2.77. The van der Waals surface area contributed by atoms with E-state index in [-0.39, 0.29) is 0 Å². The number of hydrogen-bond acceptors (Lipinski definition) is 4. The average molecular weight is 480 g/mol. The first kappa shape index (κ1) is 31.7. The van der Waals surface area contributed by atoms with Gasteiger partial charge in [0.1, 0.15) is 12.8 Å². The van der Waals surface area contributed by atoms with Crippen LogP contribution in [0.4, 0.5) is 0 Å². The number of rotatable bonds is 26. The summed E-state index contributed by atoms with van der Waals surface area (Å²) >= 11 is 4.22. The van der Waals surface area contributed by atoms with Gasteiger partial charge in [-0.2, -0.15) is 26.6 Å². The Bertz CT molecular complexity index is 347. The molecule has 0 spiro atoms. The summed E-state index contributed by atoms with van der Waals surface area (Å²) in [5.41, 5.74) is 0. The van der Waals surface area contributed by atoms with Gasteiger partial charge in [0.25, 0.3) is 0 Å². The Morgan fingerprint density at radius 1 is 0.516 bits per heavy atom. The van der Waals surface area contributed by atoms with Crippen LogP contribution in [0.3, 0.4) is 0 Å². The summed E-state index contributed by atoms with van der Waals surface area (Å²) in [6, 6.07) is 0. The Labute approximate surface area is 201 Å². The summed E-state index contributed by atoms with van der Waals surface area (Å²) in [6.07, 6.45) is 26.8. The third-order valence-electron chi connectivity index (χ3n) is 5.97. The van der Waals surface area contributed by atoms with Crippen molar-refractivity contribution in [1.82, 2.24) is 0 Å². The highest BCUT2D eigenvalue weighted by atomic mass is 32.1. The van der Waals surface area contributed by atoms with Crippen LogP contribution in [0.2, 0.25) is 0 Å². The van der Waals surface area contributed by atoms with Crippen LogP contribution < -0.4 is 0 Å². The summed E-state index contributed by atoms with van der Waals surface area (Å²) in [7, 11) is -2.69. The van der Waals surface area contributed by atoms with Gasteiger partial charge in [-0.1, -0.05) is 123 Å². The van der Waals surface area contributed by atoms with E-state index < -0.39 is 7.94 Å². The van der Waals surface area contributed by atoms with Crippen LogP contribution >= 0.6 is 20.6 Å². The lowest BCUT2D eigenvalue weighted by Gasteiger charge is -2.17. The third kappa shape index (κ3) is 23.6.